The van der Waals surface area contributed by atoms with Crippen LogP contribution in [0.1, 0.15) is 55.8 Å². The molecule has 0 saturated carbocycles. The first-order valence-corrected chi connectivity index (χ1v) is 45.9. The van der Waals surface area contributed by atoms with Crippen LogP contribution in [0.25, 0.3) is 33.5 Å². The number of aryl methyl sites for hydroxylation is 1. The molecule has 25 N–H and O–H groups in total. The van der Waals surface area contributed by atoms with Crippen LogP contribution in [0.5, 0.6) is 0 Å². The first-order valence-electron chi connectivity index (χ1n) is 36.9. The van der Waals surface area contributed by atoms with Crippen molar-refractivity contribution in [2.75, 3.05) is 68.3 Å². The van der Waals surface area contributed by atoms with Crippen LogP contribution in [0.3, 0.4) is 0 Å². The zero-order valence-corrected chi connectivity index (χ0v) is 69.9. The number of H-pyrrole nitrogens is 3. The molecule has 0 amide bonds. The molecule has 15 heterocycles. The molecule has 128 heavy (non-hydrogen) atoms. The van der Waals surface area contributed by atoms with Crippen molar-refractivity contribution in [2.24, 2.45) is 0 Å². The zero-order valence-electron chi connectivity index (χ0n) is 64.5. The van der Waals surface area contributed by atoms with Crippen molar-refractivity contribution in [1.29, 1.82) is 0 Å². The molecule has 27 atom stereocenters. The summed E-state index contributed by atoms with van der Waals surface area (Å²) in [6.45, 7) is -6.25. The number of nitrogens with two attached hydrogens (primary N) is 5. The van der Waals surface area contributed by atoms with Crippen molar-refractivity contribution < 1.29 is 165 Å². The van der Waals surface area contributed by atoms with Gasteiger partial charge in [-0.05, 0) is 19.1 Å². The van der Waals surface area contributed by atoms with E-state index in [1.807, 2.05) is 4.98 Å². The molecule has 5 unspecified atom stereocenters. The molecule has 6 saturated heterocycles. The lowest BCUT2D eigenvalue weighted by molar-refractivity contribution is -0.0655. The Bertz CT molecular complexity index is 6390. The number of nitrogens with zero attached hydrogens (tertiary/aromatic N) is 15. The van der Waals surface area contributed by atoms with Gasteiger partial charge in [-0.15, -0.1) is 0 Å². The van der Waals surface area contributed by atoms with Gasteiger partial charge in [-0.25, -0.2) is 66.7 Å². The van der Waals surface area contributed by atoms with Crippen molar-refractivity contribution >= 4 is 110 Å². The summed E-state index contributed by atoms with van der Waals surface area (Å²) in [6.07, 6.45) is -38.1. The number of hydrogen-bond acceptors (Lipinski definition) is 48. The Hall–Kier alpha value is -9.09. The Kier molecular flexibility index (Phi) is 26.5. The zero-order chi connectivity index (χ0) is 92.1. The fourth-order valence-corrected chi connectivity index (χ4v) is 19.9. The van der Waals surface area contributed by atoms with Crippen LogP contribution in [0.15, 0.2) is 84.8 Å². The summed E-state index contributed by atoms with van der Waals surface area (Å²) in [5.41, 5.74) is 21.2. The number of phosphoric acid groups is 6. The van der Waals surface area contributed by atoms with Crippen LogP contribution in [-0.2, 0) is 106 Å². The van der Waals surface area contributed by atoms with Gasteiger partial charge in [0.25, 0.3) is 16.7 Å². The average Bonchev–Trinajstić information content (AvgIpc) is 1.62. The third kappa shape index (κ3) is 20.0. The lowest BCUT2D eigenvalue weighted by Gasteiger charge is -2.27. The van der Waals surface area contributed by atoms with Crippen LogP contribution >= 0.6 is 46.9 Å². The molecule has 0 aromatic carbocycles. The number of aliphatic hydroxyl groups excluding tert-OH is 5. The highest BCUT2D eigenvalue weighted by molar-refractivity contribution is 7.48. The standard InChI is InChI=1S/C58H75N23O41P6/c1-19-8-78(58(92)75-47(19)87)30-7-21(118-125(98,99)108-13-26-42(38(86)53(116-26)81-18-68-34-46(81)72-55(63)74-49(34)89)122-127(102,103)109-11-24-39(119-123(93,94)95)35(83)50(113-24)76-4-2-28(59)69-56(76)90)23(112-30)10-106-126(100,101)121-41-27(115-52(37(41)85)80-17-66-32-43(61)64-15-65-44(32)80)14-110-128(104,105)120-40-25(114-51(36(40)84)77-5-3-29(60)70-57(77)91)12-107-124(96,97)117-20-6-31(111-22(20)9-82)79-16-67-33-45(79)71-54(62)73-48(33)88/h2-5,8,15-18,20-27,30-31,35-42,50-53,82-86H,6-7,9-14H2,1H3,(H,96,97)(H,98,99)(H,100,101)(H,102,103)(H,104,105)(H2,59,69,90)(H2,60,70,91)(H2,61,64,65)(H,75,87,92)(H2,93,94,95)(H3,62,71,73,88)(H3,63,72,74,89)/t20-,21-,22+,23+,24+,25+,26+,27+,30+,31+,35+,36+,37+,38+,39+,40+,41+,42+,50+,51+,52+,53+/m0/s1. The Balaban J connectivity index is 0.654. The molecule has 15 rings (SSSR count). The maximum absolute atomic E-state index is 14.6. The van der Waals surface area contributed by atoms with Crippen molar-refractivity contribution in [3.63, 3.8) is 0 Å². The van der Waals surface area contributed by atoms with E-state index in [1.54, 1.807) is 0 Å². The van der Waals surface area contributed by atoms with Crippen molar-refractivity contribution in [1.82, 2.24) is 87.2 Å². The van der Waals surface area contributed by atoms with Gasteiger partial charge in [-0.3, -0.25) is 106 Å². The summed E-state index contributed by atoms with van der Waals surface area (Å²) in [4.78, 5) is 196. The van der Waals surface area contributed by atoms with Gasteiger partial charge in [0.05, 0.1) is 58.6 Å². The second-order valence-electron chi connectivity index (χ2n) is 28.7. The van der Waals surface area contributed by atoms with Crippen molar-refractivity contribution in [2.45, 2.75) is 155 Å². The molecule has 0 bridgehead atoms. The molecule has 6 aliphatic heterocycles. The SMILES string of the molecule is Cc1cn([C@H]2C[C@H](OP(=O)(O)OC[C@H]3O[C@@H](n4cnc5c(=O)[nH]c(N)nc54)[C@H](O)[C@@H]3OP(=O)(O)OC[C@H]3O[C@@H](n4ccc(N)nc4=O)[C@H](O)[C@@H]3OP(=O)(O)O)[C@@H](COP(=O)(O)O[C@H]3[C@@H](O)[C@H](n4cnc5c(N)ncnc54)O[C@@H]3COP(=O)(O)O[C@H]3[C@@H](O)[C@H](n4ccc(N)nc4=O)O[C@@H]3COP(=O)(O)O[C@H]3C[C@H](n4cnc5c(=O)[nH]c(N)nc54)O[C@@H]3CO)O2)c(=O)[nH]c1=O. The van der Waals surface area contributed by atoms with Crippen molar-refractivity contribution in [3.8, 4) is 0 Å². The monoisotopic (exact) mass is 1940 g/mol. The number of rotatable bonds is 34. The number of phosphoric ester groups is 6. The fourth-order valence-electron chi connectivity index (χ4n) is 14.5. The Labute approximate surface area is 707 Å². The van der Waals surface area contributed by atoms with E-state index in [2.05, 4.69) is 54.8 Å². The van der Waals surface area contributed by atoms with E-state index in [0.29, 0.717) is 9.13 Å². The van der Waals surface area contributed by atoms with Crippen LogP contribution in [0.4, 0.5) is 29.4 Å². The molecule has 698 valence electrons. The van der Waals surface area contributed by atoms with E-state index in [-0.39, 0.29) is 57.7 Å². The second-order valence-corrected chi connectivity index (χ2v) is 36.9. The minimum atomic E-state index is -5.94. The smallest absolute Gasteiger partial charge is 0.394 e. The molecule has 6 fully saturated rings. The number of aromatic nitrogens is 18. The van der Waals surface area contributed by atoms with E-state index < -0.39 is 279 Å². The van der Waals surface area contributed by atoms with Gasteiger partial charge in [0.1, 0.15) is 134 Å². The quantitative estimate of drug-likeness (QED) is 0.0167. The van der Waals surface area contributed by atoms with Crippen LogP contribution in [0, 0.1) is 6.92 Å². The van der Waals surface area contributed by atoms with E-state index in [9.17, 15) is 116 Å². The molecular formula is C58H75N23O41P6. The number of imidazole rings is 3. The highest BCUT2D eigenvalue weighted by atomic mass is 31.2. The summed E-state index contributed by atoms with van der Waals surface area (Å²) in [6, 6.07) is 2.14. The molecule has 9 aromatic heterocycles. The molecule has 9 aromatic rings. The maximum atomic E-state index is 14.6. The number of fused-ring (bicyclic) bond motifs is 3. The van der Waals surface area contributed by atoms with Gasteiger partial charge in [-0.2, -0.15) is 19.9 Å². The third-order valence-corrected chi connectivity index (χ3v) is 25.7. The van der Waals surface area contributed by atoms with Crippen LogP contribution in [0.2, 0.25) is 0 Å². The molecule has 64 nitrogen and oxygen atoms in total. The largest absolute Gasteiger partial charge is 0.472 e. The number of ether oxygens (including phenoxy) is 6. The summed E-state index contributed by atoms with van der Waals surface area (Å²) >= 11 is 0. The minimum absolute atomic E-state index is 0.0851. The van der Waals surface area contributed by atoms with E-state index in [4.69, 9.17) is 107 Å². The third-order valence-electron chi connectivity index (χ3n) is 20.2. The summed E-state index contributed by atoms with van der Waals surface area (Å²) in [5.74, 6) is -1.68. The van der Waals surface area contributed by atoms with Gasteiger partial charge in [-0.1, -0.05) is 0 Å². The van der Waals surface area contributed by atoms with Gasteiger partial charge >= 0.3 is 64.0 Å². The predicted octanol–water partition coefficient (Wildman–Crippen LogP) is -7.03. The van der Waals surface area contributed by atoms with E-state index in [1.165, 1.54) is 11.5 Å². The Morgan fingerprint density at radius 3 is 1.22 bits per heavy atom. The Morgan fingerprint density at radius 2 is 0.789 bits per heavy atom. The van der Waals surface area contributed by atoms with Gasteiger partial charge in [0.15, 0.2) is 58.7 Å². The topological polar surface area (TPSA) is 928 Å². The highest BCUT2D eigenvalue weighted by Crippen LogP contribution is 2.57. The van der Waals surface area contributed by atoms with Gasteiger partial charge < -0.3 is 117 Å². The normalized spacial score (nSPS) is 31.0. The maximum Gasteiger partial charge on any atom is 0.472 e. The number of hydrogen-bond donors (Lipinski definition) is 20. The number of aromatic amines is 3. The van der Waals surface area contributed by atoms with Crippen LogP contribution in [-0.4, -0.2) is 284 Å². The fraction of sp³-hybridized carbons (Fsp3) is 0.534. The van der Waals surface area contributed by atoms with Crippen LogP contribution < -0.4 is 62.4 Å². The summed E-state index contributed by atoms with van der Waals surface area (Å²) in [7, 11) is -34.6. The predicted molar refractivity (Wildman–Crippen MR) is 411 cm³/mol. The van der Waals surface area contributed by atoms with Gasteiger partial charge in [0.2, 0.25) is 11.9 Å². The molecule has 0 radical (unpaired) electrons. The van der Waals surface area contributed by atoms with E-state index >= 15 is 0 Å². The lowest BCUT2D eigenvalue weighted by atomic mass is 10.1. The van der Waals surface area contributed by atoms with E-state index in [0.717, 1.165) is 69.7 Å². The summed E-state index contributed by atoms with van der Waals surface area (Å²) < 4.78 is 182. The van der Waals surface area contributed by atoms with Gasteiger partial charge in [0, 0.05) is 37.0 Å². The molecular weight excluding hydrogens is 1860 g/mol. The van der Waals surface area contributed by atoms with Crippen molar-refractivity contribution in [3.05, 3.63) is 124 Å². The number of nitrogens with one attached hydrogen (secondary N) is 3. The minimum Gasteiger partial charge on any atom is -0.394 e. The average molecular weight is 1940 g/mol. The number of anilines is 5. The summed E-state index contributed by atoms with van der Waals surface area (Å²) in [5, 5.41) is 57.3. The molecule has 70 heteroatoms. The first-order chi connectivity index (χ1) is 60.2. The molecule has 0 aliphatic carbocycles. The lowest BCUT2D eigenvalue weighted by Crippen LogP contribution is -2.38. The number of aliphatic hydroxyl groups is 5. The molecule has 6 aliphatic rings. The Morgan fingerprint density at radius 1 is 0.422 bits per heavy atom. The first kappa shape index (κ1) is 93.6. The molecule has 0 spiro atoms. The second kappa shape index (κ2) is 36.2. The highest BCUT2D eigenvalue weighted by Gasteiger charge is 2.57. The number of nitrogen functional groups attached to an aromatic ring is 5.